The second-order valence-corrected chi connectivity index (χ2v) is 7.34. The number of non-ortho nitro benzene ring substituents is 1. The van der Waals surface area contributed by atoms with Crippen molar-refractivity contribution in [2.24, 2.45) is 0 Å². The molecule has 1 aromatic heterocycles. The third kappa shape index (κ3) is 4.16. The number of carbonyl (C=O) groups excluding carboxylic acids is 2. The number of hydrogen-bond acceptors (Lipinski definition) is 6. The Morgan fingerprint density at radius 3 is 2.23 bits per heavy atom. The van der Waals surface area contributed by atoms with E-state index in [2.05, 4.69) is 15.1 Å². The Labute approximate surface area is 178 Å². The minimum atomic E-state index is -0.462. The van der Waals surface area contributed by atoms with Crippen molar-refractivity contribution in [3.63, 3.8) is 0 Å². The highest BCUT2D eigenvalue weighted by atomic mass is 16.6. The van der Waals surface area contributed by atoms with Crippen LogP contribution in [0.1, 0.15) is 27.6 Å². The maximum atomic E-state index is 13.1. The van der Waals surface area contributed by atoms with Crippen LogP contribution in [0, 0.1) is 10.1 Å². The molecule has 0 spiro atoms. The zero-order valence-corrected chi connectivity index (χ0v) is 16.9. The molecular weight excluding hydrogens is 398 g/mol. The summed E-state index contributed by atoms with van der Waals surface area (Å²) in [5, 5.41) is 17.7. The SMILES string of the molecule is CC(=O)c1ccc(N2CCN(C(=O)c3cn[nH]c3-c3ccc([N+](=O)[O-])cc3)CC2)cc1. The normalized spacial score (nSPS) is 13.8. The molecule has 0 bridgehead atoms. The number of nitrogens with one attached hydrogen (secondary N) is 1. The zero-order chi connectivity index (χ0) is 22.0. The molecule has 1 amide bonds. The second kappa shape index (κ2) is 8.39. The van der Waals surface area contributed by atoms with Crippen molar-refractivity contribution in [2.45, 2.75) is 6.92 Å². The number of amides is 1. The van der Waals surface area contributed by atoms with E-state index in [1.165, 1.54) is 18.3 Å². The first-order valence-electron chi connectivity index (χ1n) is 9.87. The van der Waals surface area contributed by atoms with E-state index in [1.54, 1.807) is 24.0 Å². The smallest absolute Gasteiger partial charge is 0.269 e. The number of aromatic nitrogens is 2. The topological polar surface area (TPSA) is 112 Å². The Morgan fingerprint density at radius 1 is 1.00 bits per heavy atom. The van der Waals surface area contributed by atoms with E-state index < -0.39 is 4.92 Å². The Morgan fingerprint density at radius 2 is 1.65 bits per heavy atom. The lowest BCUT2D eigenvalue weighted by Gasteiger charge is -2.36. The van der Waals surface area contributed by atoms with Gasteiger partial charge in [0.25, 0.3) is 11.6 Å². The number of aromatic amines is 1. The van der Waals surface area contributed by atoms with Gasteiger partial charge in [0.2, 0.25) is 0 Å². The number of piperazine rings is 1. The van der Waals surface area contributed by atoms with E-state index in [1.807, 2.05) is 24.3 Å². The summed E-state index contributed by atoms with van der Waals surface area (Å²) >= 11 is 0. The molecule has 9 nitrogen and oxygen atoms in total. The summed E-state index contributed by atoms with van der Waals surface area (Å²) in [6.07, 6.45) is 1.49. The largest absolute Gasteiger partial charge is 0.368 e. The van der Waals surface area contributed by atoms with Gasteiger partial charge in [-0.15, -0.1) is 0 Å². The van der Waals surface area contributed by atoms with Crippen LogP contribution < -0.4 is 4.90 Å². The van der Waals surface area contributed by atoms with Gasteiger partial charge in [0, 0.05) is 55.1 Å². The lowest BCUT2D eigenvalue weighted by Crippen LogP contribution is -2.48. The van der Waals surface area contributed by atoms with Crippen molar-refractivity contribution in [2.75, 3.05) is 31.1 Å². The van der Waals surface area contributed by atoms with Crippen LogP contribution >= 0.6 is 0 Å². The molecule has 1 saturated heterocycles. The number of H-pyrrole nitrogens is 1. The molecule has 2 heterocycles. The molecule has 1 N–H and O–H groups in total. The van der Waals surface area contributed by atoms with E-state index >= 15 is 0 Å². The summed E-state index contributed by atoms with van der Waals surface area (Å²) in [7, 11) is 0. The van der Waals surface area contributed by atoms with Crippen LogP contribution in [0.25, 0.3) is 11.3 Å². The molecule has 3 aromatic rings. The minimum absolute atomic E-state index is 0.0106. The summed E-state index contributed by atoms with van der Waals surface area (Å²) < 4.78 is 0. The maximum Gasteiger partial charge on any atom is 0.269 e. The average molecular weight is 419 g/mol. The first kappa shape index (κ1) is 20.3. The van der Waals surface area contributed by atoms with E-state index in [9.17, 15) is 19.7 Å². The number of Topliss-reactive ketones (excluding diaryl/α,β-unsaturated/α-hetero) is 1. The van der Waals surface area contributed by atoms with Crippen molar-refractivity contribution in [1.82, 2.24) is 15.1 Å². The molecule has 9 heteroatoms. The predicted octanol–water partition coefficient (Wildman–Crippen LogP) is 3.15. The maximum absolute atomic E-state index is 13.1. The van der Waals surface area contributed by atoms with E-state index in [-0.39, 0.29) is 17.4 Å². The Hall–Kier alpha value is -4.01. The minimum Gasteiger partial charge on any atom is -0.368 e. The van der Waals surface area contributed by atoms with Gasteiger partial charge in [-0.3, -0.25) is 24.8 Å². The summed E-state index contributed by atoms with van der Waals surface area (Å²) in [5.41, 5.74) is 3.33. The van der Waals surface area contributed by atoms with Gasteiger partial charge in [0.1, 0.15) is 0 Å². The van der Waals surface area contributed by atoms with Gasteiger partial charge in [0.15, 0.2) is 5.78 Å². The molecule has 0 unspecified atom stereocenters. The molecule has 2 aromatic carbocycles. The van der Waals surface area contributed by atoms with Gasteiger partial charge < -0.3 is 9.80 Å². The van der Waals surface area contributed by atoms with Crippen LogP contribution in [0.15, 0.2) is 54.7 Å². The summed E-state index contributed by atoms with van der Waals surface area (Å²) in [5.74, 6) is -0.0976. The standard InChI is InChI=1S/C22H21N5O4/c1-15(28)16-2-6-18(7-3-16)25-10-12-26(13-11-25)22(29)20-14-23-24-21(20)17-4-8-19(9-5-17)27(30)31/h2-9,14H,10-13H2,1H3,(H,23,24). The van der Waals surface area contributed by atoms with Gasteiger partial charge >= 0.3 is 0 Å². The van der Waals surface area contributed by atoms with Gasteiger partial charge in [0.05, 0.1) is 22.4 Å². The first-order valence-corrected chi connectivity index (χ1v) is 9.87. The fraction of sp³-hybridized carbons (Fsp3) is 0.227. The lowest BCUT2D eigenvalue weighted by atomic mass is 10.1. The molecule has 0 radical (unpaired) electrons. The van der Waals surface area contributed by atoms with Crippen molar-refractivity contribution in [3.8, 4) is 11.3 Å². The van der Waals surface area contributed by atoms with E-state index in [0.29, 0.717) is 48.6 Å². The van der Waals surface area contributed by atoms with Gasteiger partial charge in [-0.2, -0.15) is 5.10 Å². The molecule has 4 rings (SSSR count). The van der Waals surface area contributed by atoms with Crippen molar-refractivity contribution in [1.29, 1.82) is 0 Å². The highest BCUT2D eigenvalue weighted by Crippen LogP contribution is 2.25. The number of nitro groups is 1. The Balaban J connectivity index is 1.44. The average Bonchev–Trinajstić information content (AvgIpc) is 3.29. The summed E-state index contributed by atoms with van der Waals surface area (Å²) in [6.45, 7) is 4.00. The van der Waals surface area contributed by atoms with Gasteiger partial charge in [-0.1, -0.05) is 0 Å². The van der Waals surface area contributed by atoms with Crippen molar-refractivity contribution < 1.29 is 14.5 Å². The highest BCUT2D eigenvalue weighted by Gasteiger charge is 2.25. The molecular formula is C22H21N5O4. The fourth-order valence-corrected chi connectivity index (χ4v) is 3.66. The number of nitro benzene ring substituents is 1. The number of carbonyl (C=O) groups is 2. The van der Waals surface area contributed by atoms with Crippen LogP contribution in [-0.2, 0) is 0 Å². The lowest BCUT2D eigenvalue weighted by molar-refractivity contribution is -0.384. The monoisotopic (exact) mass is 419 g/mol. The molecule has 31 heavy (non-hydrogen) atoms. The van der Waals surface area contributed by atoms with Crippen LogP contribution in [0.5, 0.6) is 0 Å². The Bertz CT molecular complexity index is 1110. The molecule has 1 aliphatic rings. The third-order valence-corrected chi connectivity index (χ3v) is 5.44. The highest BCUT2D eigenvalue weighted by molar-refractivity contribution is 6.00. The van der Waals surface area contributed by atoms with Crippen LogP contribution in [0.2, 0.25) is 0 Å². The summed E-state index contributed by atoms with van der Waals surface area (Å²) in [4.78, 5) is 38.9. The fourth-order valence-electron chi connectivity index (χ4n) is 3.66. The predicted molar refractivity (Wildman–Crippen MR) is 115 cm³/mol. The molecule has 0 atom stereocenters. The van der Waals surface area contributed by atoms with Crippen LogP contribution in [-0.4, -0.2) is 57.9 Å². The molecule has 1 aliphatic heterocycles. The second-order valence-electron chi connectivity index (χ2n) is 7.34. The van der Waals surface area contributed by atoms with Gasteiger partial charge in [-0.05, 0) is 43.3 Å². The van der Waals surface area contributed by atoms with E-state index in [0.717, 1.165) is 5.69 Å². The van der Waals surface area contributed by atoms with Crippen LogP contribution in [0.3, 0.4) is 0 Å². The van der Waals surface area contributed by atoms with Crippen molar-refractivity contribution >= 4 is 23.1 Å². The van der Waals surface area contributed by atoms with Crippen LogP contribution in [0.4, 0.5) is 11.4 Å². The molecule has 0 aliphatic carbocycles. The Kier molecular flexibility index (Phi) is 5.48. The third-order valence-electron chi connectivity index (χ3n) is 5.44. The zero-order valence-electron chi connectivity index (χ0n) is 16.9. The number of ketones is 1. The number of nitrogens with zero attached hydrogens (tertiary/aromatic N) is 4. The first-order chi connectivity index (χ1) is 14.9. The quantitative estimate of drug-likeness (QED) is 0.386. The van der Waals surface area contributed by atoms with Gasteiger partial charge in [-0.25, -0.2) is 0 Å². The van der Waals surface area contributed by atoms with Crippen molar-refractivity contribution in [3.05, 3.63) is 76.0 Å². The van der Waals surface area contributed by atoms with E-state index in [4.69, 9.17) is 0 Å². The number of benzene rings is 2. The number of anilines is 1. The summed E-state index contributed by atoms with van der Waals surface area (Å²) in [6, 6.07) is 13.5. The molecule has 0 saturated carbocycles. The molecule has 158 valence electrons. The number of rotatable bonds is 5. The molecule has 1 fully saturated rings. The number of hydrogen-bond donors (Lipinski definition) is 1.